The molecule has 4 fully saturated rings. The van der Waals surface area contributed by atoms with Crippen molar-refractivity contribution in [2.75, 3.05) is 19.6 Å². The van der Waals surface area contributed by atoms with Crippen LogP contribution in [0.1, 0.15) is 37.7 Å². The predicted molar refractivity (Wildman–Crippen MR) is 120 cm³/mol. The third kappa shape index (κ3) is 13.9. The van der Waals surface area contributed by atoms with E-state index in [-0.39, 0.29) is 46.9 Å². The van der Waals surface area contributed by atoms with Gasteiger partial charge in [0.1, 0.15) is 5.75 Å². The summed E-state index contributed by atoms with van der Waals surface area (Å²) >= 11 is 0. The van der Waals surface area contributed by atoms with Crippen LogP contribution in [0.5, 0.6) is 5.75 Å². The van der Waals surface area contributed by atoms with E-state index >= 15 is 0 Å². The number of primary amides is 1. The third-order valence-electron chi connectivity index (χ3n) is 5.17. The number of rotatable bonds is 3. The van der Waals surface area contributed by atoms with Crippen molar-refractivity contribution in [1.29, 1.82) is 0 Å². The molecule has 0 radical (unpaired) electrons. The molecule has 1 amide bonds. The zero-order valence-electron chi connectivity index (χ0n) is 18.0. The average molecular weight is 584 g/mol. The molecular weight excluding hydrogens is 549 g/mol. The molecule has 1 saturated carbocycles. The Labute approximate surface area is 225 Å². The monoisotopic (exact) mass is 584 g/mol. The van der Waals surface area contributed by atoms with Gasteiger partial charge in [0.05, 0.1) is 6.10 Å². The number of nitrogens with zero attached hydrogens (tertiary/aromatic N) is 1. The van der Waals surface area contributed by atoms with E-state index in [9.17, 15) is 0 Å². The maximum atomic E-state index is 8.78. The van der Waals surface area contributed by atoms with Gasteiger partial charge in [-0.3, -0.25) is 0 Å². The van der Waals surface area contributed by atoms with E-state index in [0.29, 0.717) is 6.10 Å². The Bertz CT molecular complexity index is 676. The van der Waals surface area contributed by atoms with Crippen molar-refractivity contribution >= 4 is 6.09 Å². The van der Waals surface area contributed by atoms with Crippen molar-refractivity contribution in [2.24, 2.45) is 11.7 Å². The summed E-state index contributed by atoms with van der Waals surface area (Å²) in [7, 11) is 0. The molecule has 3 saturated heterocycles. The number of carbonyl (C=O) groups is 1. The molecule has 3 N–H and O–H groups in total. The molecule has 31 heavy (non-hydrogen) atoms. The maximum absolute atomic E-state index is 8.78. The largest absolute Gasteiger partial charge is 2.00 e. The number of carboxylic acid groups (broad SMARTS) is 1. The number of hydrogen-bond donors (Lipinski definition) is 2. The SMILES string of the molecule is C1CN2CCC1CC2.NC(=O)O.[CH2-]Cc1[c-]cccc1.[Yb+2].c1ccc(OC2CC2)cc1. The number of fused-ring (bicyclic) bond motifs is 3. The van der Waals surface area contributed by atoms with Crippen molar-refractivity contribution in [3.05, 3.63) is 73.2 Å². The van der Waals surface area contributed by atoms with Gasteiger partial charge in [-0.25, -0.2) is 4.79 Å². The number of nitrogens with two attached hydrogens (primary N) is 1. The van der Waals surface area contributed by atoms with Gasteiger partial charge >= 0.3 is 53.0 Å². The van der Waals surface area contributed by atoms with Crippen LogP contribution in [0, 0.1) is 65.8 Å². The van der Waals surface area contributed by atoms with Gasteiger partial charge < -0.3 is 27.4 Å². The zero-order valence-corrected chi connectivity index (χ0v) is 19.7. The van der Waals surface area contributed by atoms with Crippen molar-refractivity contribution in [3.8, 4) is 5.75 Å². The molecule has 176 valence electrons. The summed E-state index contributed by atoms with van der Waals surface area (Å²) in [5, 5.41) is 7.19. The van der Waals surface area contributed by atoms with E-state index in [1.807, 2.05) is 54.6 Å². The van der Waals surface area contributed by atoms with E-state index in [4.69, 9.17) is 14.6 Å². The van der Waals surface area contributed by atoms with Crippen molar-refractivity contribution in [1.82, 2.24) is 4.90 Å². The summed E-state index contributed by atoms with van der Waals surface area (Å²) in [5.74, 6) is 2.12. The molecule has 6 heteroatoms. The first-order valence-corrected chi connectivity index (χ1v) is 10.7. The third-order valence-corrected chi connectivity index (χ3v) is 5.17. The van der Waals surface area contributed by atoms with Crippen LogP contribution in [-0.2, 0) is 6.42 Å². The minimum atomic E-state index is -1.33. The fraction of sp³-hybridized carbons (Fsp3) is 0.440. The van der Waals surface area contributed by atoms with Crippen molar-refractivity contribution in [3.63, 3.8) is 0 Å². The van der Waals surface area contributed by atoms with Crippen LogP contribution in [0.25, 0.3) is 0 Å². The normalized spacial score (nSPS) is 20.2. The Kier molecular flexibility index (Phi) is 15.0. The molecule has 6 rings (SSSR count). The molecule has 3 heterocycles. The number of para-hydroxylation sites is 1. The molecule has 2 aromatic rings. The van der Waals surface area contributed by atoms with Gasteiger partial charge in [0.2, 0.25) is 0 Å². The average Bonchev–Trinajstić information content (AvgIpc) is 3.61. The maximum Gasteiger partial charge on any atom is 2.00 e. The van der Waals surface area contributed by atoms with Gasteiger partial charge in [-0.05, 0) is 69.8 Å². The minimum absolute atomic E-state index is 0. The van der Waals surface area contributed by atoms with Crippen LogP contribution in [0.15, 0.2) is 54.6 Å². The van der Waals surface area contributed by atoms with Crippen LogP contribution >= 0.6 is 0 Å². The molecule has 0 unspecified atom stereocenters. The molecule has 0 aromatic heterocycles. The van der Waals surface area contributed by atoms with Crippen molar-refractivity contribution < 1.29 is 61.6 Å². The first-order valence-electron chi connectivity index (χ1n) is 10.7. The molecule has 4 aliphatic rings. The molecule has 1 aliphatic carbocycles. The van der Waals surface area contributed by atoms with Gasteiger partial charge in [0.15, 0.2) is 0 Å². The molecule has 3 aliphatic heterocycles. The fourth-order valence-corrected chi connectivity index (χ4v) is 3.33. The standard InChI is InChI=1S/C9H10O.C8H8.C7H13N.CH3NO2.Yb/c1-2-4-8(5-3-1)10-9-6-7-9;1-2-8-6-4-3-5-7-8;1-4-8-5-2-7(1)3-6-8;2-1(3)4;/h1-5,9H,6-7H2;3-6H,1-2H2;7H,1-6H2;2H2,(H,3,4);/q;-2;;;+2. The van der Waals surface area contributed by atoms with Gasteiger partial charge in [-0.2, -0.15) is 42.3 Å². The Hall–Kier alpha value is -1.01. The van der Waals surface area contributed by atoms with Gasteiger partial charge in [-0.1, -0.05) is 18.2 Å². The number of amides is 1. The summed E-state index contributed by atoms with van der Waals surface area (Å²) in [6.45, 7) is 7.91. The first-order chi connectivity index (χ1) is 14.6. The van der Waals surface area contributed by atoms with Gasteiger partial charge in [-0.15, -0.1) is 0 Å². The van der Waals surface area contributed by atoms with E-state index in [0.717, 1.165) is 18.1 Å². The van der Waals surface area contributed by atoms with E-state index in [2.05, 4.69) is 23.6 Å². The van der Waals surface area contributed by atoms with Crippen LogP contribution in [0.2, 0.25) is 0 Å². The first kappa shape index (κ1) is 28.0. The zero-order chi connectivity index (χ0) is 21.6. The van der Waals surface area contributed by atoms with Gasteiger partial charge in [0, 0.05) is 0 Å². The summed E-state index contributed by atoms with van der Waals surface area (Å²) < 4.78 is 5.53. The summed E-state index contributed by atoms with van der Waals surface area (Å²) in [4.78, 5) is 11.4. The van der Waals surface area contributed by atoms with E-state index in [1.165, 1.54) is 57.3 Å². The quantitative estimate of drug-likeness (QED) is 0.509. The Morgan fingerprint density at radius 3 is 1.90 bits per heavy atom. The predicted octanol–water partition coefficient (Wildman–Crippen LogP) is 4.82. The smallest absolute Gasteiger partial charge is 0.490 e. The number of piperidine rings is 3. The Morgan fingerprint density at radius 1 is 1.03 bits per heavy atom. The second-order valence-corrected chi connectivity index (χ2v) is 7.68. The molecule has 0 atom stereocenters. The summed E-state index contributed by atoms with van der Waals surface area (Å²) in [6, 6.07) is 20.9. The Balaban J connectivity index is 0.000000213. The fourth-order valence-electron chi connectivity index (χ4n) is 3.33. The number of hydrogen-bond acceptors (Lipinski definition) is 3. The molecule has 5 nitrogen and oxygen atoms in total. The number of benzene rings is 2. The second kappa shape index (κ2) is 16.6. The molecular formula is C25H34N2O3Yb. The van der Waals surface area contributed by atoms with E-state index < -0.39 is 6.09 Å². The summed E-state index contributed by atoms with van der Waals surface area (Å²) in [6.07, 6.45) is 6.94. The molecule has 0 spiro atoms. The minimum Gasteiger partial charge on any atom is -0.490 e. The van der Waals surface area contributed by atoms with Crippen LogP contribution in [0.4, 0.5) is 4.79 Å². The summed E-state index contributed by atoms with van der Waals surface area (Å²) in [5.41, 5.74) is 5.20. The van der Waals surface area contributed by atoms with Crippen LogP contribution in [0.3, 0.4) is 0 Å². The van der Waals surface area contributed by atoms with Crippen LogP contribution in [-0.4, -0.2) is 41.8 Å². The van der Waals surface area contributed by atoms with E-state index in [1.54, 1.807) is 0 Å². The number of ether oxygens (including phenoxy) is 1. The molecule has 2 aromatic carbocycles. The molecule has 2 bridgehead atoms. The van der Waals surface area contributed by atoms with Crippen molar-refractivity contribution in [2.45, 2.75) is 44.6 Å². The van der Waals surface area contributed by atoms with Gasteiger partial charge in [0.25, 0.3) is 0 Å². The second-order valence-electron chi connectivity index (χ2n) is 7.68. The van der Waals surface area contributed by atoms with Crippen LogP contribution < -0.4 is 10.5 Å². The topological polar surface area (TPSA) is 75.8 Å². The Morgan fingerprint density at radius 2 is 1.58 bits per heavy atom.